The molecule has 6 heteroatoms. The fraction of sp³-hybridized carbons (Fsp3) is 0.429. The van der Waals surface area contributed by atoms with Crippen LogP contribution in [0.5, 0.6) is 0 Å². The van der Waals surface area contributed by atoms with Crippen LogP contribution in [0, 0.1) is 18.3 Å². The second-order valence-corrected chi connectivity index (χ2v) is 6.77. The van der Waals surface area contributed by atoms with Gasteiger partial charge in [-0.05, 0) is 43.5 Å². The van der Waals surface area contributed by atoms with Crippen molar-refractivity contribution in [2.75, 3.05) is 6.54 Å². The summed E-state index contributed by atoms with van der Waals surface area (Å²) in [6.07, 6.45) is 2.90. The number of aldehydes is 1. The van der Waals surface area contributed by atoms with Gasteiger partial charge in [-0.3, -0.25) is 0 Å². The molecule has 5 nitrogen and oxygen atoms in total. The van der Waals surface area contributed by atoms with Crippen LogP contribution in [0.25, 0.3) is 0 Å². The molecule has 1 aromatic rings. The third-order valence-corrected chi connectivity index (χ3v) is 5.63. The molecule has 1 unspecified atom stereocenters. The average Bonchev–Trinajstić information content (AvgIpc) is 2.46. The summed E-state index contributed by atoms with van der Waals surface area (Å²) in [6, 6.07) is 5.88. The van der Waals surface area contributed by atoms with Gasteiger partial charge in [0.25, 0.3) is 0 Å². The fourth-order valence-electron chi connectivity index (χ4n) is 2.50. The Morgan fingerprint density at radius 1 is 1.40 bits per heavy atom. The van der Waals surface area contributed by atoms with E-state index in [9.17, 15) is 13.2 Å². The van der Waals surface area contributed by atoms with Crippen molar-refractivity contribution in [3.8, 4) is 6.07 Å². The van der Waals surface area contributed by atoms with Gasteiger partial charge in [-0.2, -0.15) is 9.57 Å². The summed E-state index contributed by atoms with van der Waals surface area (Å²) < 4.78 is 26.6. The van der Waals surface area contributed by atoms with E-state index >= 15 is 0 Å². The molecule has 1 aromatic carbocycles. The number of hydrogen-bond acceptors (Lipinski definition) is 4. The van der Waals surface area contributed by atoms with Crippen LogP contribution >= 0.6 is 0 Å². The number of sulfonamides is 1. The summed E-state index contributed by atoms with van der Waals surface area (Å²) in [4.78, 5) is 11.3. The molecule has 20 heavy (non-hydrogen) atoms. The van der Waals surface area contributed by atoms with Gasteiger partial charge in [0.1, 0.15) is 6.29 Å². The van der Waals surface area contributed by atoms with Crippen molar-refractivity contribution in [2.24, 2.45) is 0 Å². The van der Waals surface area contributed by atoms with Crippen LogP contribution in [-0.2, 0) is 14.8 Å². The Balaban J connectivity index is 2.44. The van der Waals surface area contributed by atoms with Gasteiger partial charge in [-0.25, -0.2) is 8.42 Å². The zero-order valence-corrected chi connectivity index (χ0v) is 12.1. The molecule has 2 rings (SSSR count). The molecule has 1 heterocycles. The number of carbonyl (C=O) groups is 1. The number of nitrogens with zero attached hydrogens (tertiary/aromatic N) is 2. The highest BCUT2D eigenvalue weighted by Crippen LogP contribution is 2.26. The van der Waals surface area contributed by atoms with E-state index in [0.29, 0.717) is 30.4 Å². The molecule has 1 aliphatic rings. The van der Waals surface area contributed by atoms with Crippen molar-refractivity contribution in [1.29, 1.82) is 5.26 Å². The number of carbonyl (C=O) groups excluding carboxylic acids is 1. The molecule has 0 spiro atoms. The molecule has 0 N–H and O–H groups in total. The predicted octanol–water partition coefficient (Wildman–Crippen LogP) is 1.61. The van der Waals surface area contributed by atoms with Gasteiger partial charge in [0.05, 0.1) is 22.6 Å². The maximum atomic E-state index is 12.7. The van der Waals surface area contributed by atoms with E-state index in [-0.39, 0.29) is 4.90 Å². The Hall–Kier alpha value is -1.71. The first-order valence-electron chi connectivity index (χ1n) is 6.48. The molecule has 0 saturated carbocycles. The minimum absolute atomic E-state index is 0.172. The lowest BCUT2D eigenvalue weighted by molar-refractivity contribution is -0.111. The lowest BCUT2D eigenvalue weighted by Gasteiger charge is -2.31. The van der Waals surface area contributed by atoms with Crippen LogP contribution in [0.4, 0.5) is 0 Å². The number of benzene rings is 1. The van der Waals surface area contributed by atoms with E-state index in [0.717, 1.165) is 12.8 Å². The van der Waals surface area contributed by atoms with Crippen LogP contribution in [0.1, 0.15) is 30.4 Å². The monoisotopic (exact) mass is 292 g/mol. The minimum atomic E-state index is -3.69. The van der Waals surface area contributed by atoms with Gasteiger partial charge in [0, 0.05) is 6.54 Å². The first-order valence-corrected chi connectivity index (χ1v) is 7.92. The van der Waals surface area contributed by atoms with Crippen molar-refractivity contribution in [2.45, 2.75) is 37.1 Å². The number of hydrogen-bond donors (Lipinski definition) is 0. The van der Waals surface area contributed by atoms with Crippen LogP contribution in [0.3, 0.4) is 0 Å². The average molecular weight is 292 g/mol. The maximum absolute atomic E-state index is 12.7. The molecule has 0 aliphatic carbocycles. The van der Waals surface area contributed by atoms with Crippen LogP contribution in [0.15, 0.2) is 23.1 Å². The van der Waals surface area contributed by atoms with Crippen molar-refractivity contribution in [3.63, 3.8) is 0 Å². The van der Waals surface area contributed by atoms with Gasteiger partial charge in [0.2, 0.25) is 10.0 Å². The number of rotatable bonds is 3. The standard InChI is InChI=1S/C14H16N2O3S/c1-11-8-12(9-15)5-6-14(11)20(18,19)16-7-3-2-4-13(16)10-17/h5-6,8,10,13H,2-4,7H2,1H3. The van der Waals surface area contributed by atoms with Crippen LogP contribution in [0.2, 0.25) is 0 Å². The number of piperidine rings is 1. The summed E-state index contributed by atoms with van der Waals surface area (Å²) >= 11 is 0. The minimum Gasteiger partial charge on any atom is -0.302 e. The van der Waals surface area contributed by atoms with Crippen LogP contribution < -0.4 is 0 Å². The third-order valence-electron chi connectivity index (χ3n) is 3.55. The van der Waals surface area contributed by atoms with Gasteiger partial charge in [-0.1, -0.05) is 6.42 Å². The van der Waals surface area contributed by atoms with Crippen molar-refractivity contribution in [3.05, 3.63) is 29.3 Å². The van der Waals surface area contributed by atoms with Gasteiger partial charge >= 0.3 is 0 Å². The van der Waals surface area contributed by atoms with E-state index in [1.807, 2.05) is 6.07 Å². The quantitative estimate of drug-likeness (QED) is 0.793. The van der Waals surface area contributed by atoms with Crippen molar-refractivity contribution < 1.29 is 13.2 Å². The summed E-state index contributed by atoms with van der Waals surface area (Å²) in [5, 5.41) is 8.83. The Bertz CT molecular complexity index is 661. The summed E-state index contributed by atoms with van der Waals surface area (Å²) in [5.74, 6) is 0. The second-order valence-electron chi connectivity index (χ2n) is 4.91. The molecule has 106 valence electrons. The van der Waals surface area contributed by atoms with E-state index in [4.69, 9.17) is 5.26 Å². The normalized spacial score (nSPS) is 20.3. The SMILES string of the molecule is Cc1cc(C#N)ccc1S(=O)(=O)N1CCCCC1C=O. The first-order chi connectivity index (χ1) is 9.50. The zero-order chi connectivity index (χ0) is 14.8. The van der Waals surface area contributed by atoms with Crippen molar-refractivity contribution >= 4 is 16.3 Å². The van der Waals surface area contributed by atoms with Crippen LogP contribution in [-0.4, -0.2) is 31.6 Å². The molecule has 0 bridgehead atoms. The van der Waals surface area contributed by atoms with E-state index in [1.165, 1.54) is 16.4 Å². The Labute approximate surface area is 118 Å². The highest BCUT2D eigenvalue weighted by molar-refractivity contribution is 7.89. The largest absolute Gasteiger partial charge is 0.302 e. The second kappa shape index (κ2) is 5.73. The molecule has 0 amide bonds. The van der Waals surface area contributed by atoms with E-state index < -0.39 is 16.1 Å². The Morgan fingerprint density at radius 3 is 2.75 bits per heavy atom. The smallest absolute Gasteiger partial charge is 0.243 e. The zero-order valence-electron chi connectivity index (χ0n) is 11.2. The summed E-state index contributed by atoms with van der Waals surface area (Å²) in [5.41, 5.74) is 0.950. The lowest BCUT2D eigenvalue weighted by atomic mass is 10.1. The van der Waals surface area contributed by atoms with Gasteiger partial charge in [-0.15, -0.1) is 0 Å². The molecule has 1 aliphatic heterocycles. The fourth-order valence-corrected chi connectivity index (χ4v) is 4.34. The highest BCUT2D eigenvalue weighted by Gasteiger charge is 2.34. The number of nitriles is 1. The Kier molecular flexibility index (Phi) is 4.21. The van der Waals surface area contributed by atoms with Crippen molar-refractivity contribution in [1.82, 2.24) is 4.31 Å². The Morgan fingerprint density at radius 2 is 2.15 bits per heavy atom. The molecule has 0 radical (unpaired) electrons. The molecule has 0 aromatic heterocycles. The number of aryl methyl sites for hydroxylation is 1. The van der Waals surface area contributed by atoms with Gasteiger partial charge in [0.15, 0.2) is 0 Å². The molecular formula is C14H16N2O3S. The topological polar surface area (TPSA) is 78.2 Å². The van der Waals surface area contributed by atoms with Gasteiger partial charge < -0.3 is 4.79 Å². The lowest BCUT2D eigenvalue weighted by Crippen LogP contribution is -2.44. The predicted molar refractivity (Wildman–Crippen MR) is 73.5 cm³/mol. The van der Waals surface area contributed by atoms with E-state index in [2.05, 4.69) is 0 Å². The first kappa shape index (κ1) is 14.7. The third kappa shape index (κ3) is 2.60. The summed E-state index contributed by atoms with van der Waals surface area (Å²) in [6.45, 7) is 2.03. The van der Waals surface area contributed by atoms with E-state index in [1.54, 1.807) is 13.0 Å². The molecule has 1 saturated heterocycles. The summed E-state index contributed by atoms with van der Waals surface area (Å²) in [7, 11) is -3.69. The highest BCUT2D eigenvalue weighted by atomic mass is 32.2. The maximum Gasteiger partial charge on any atom is 0.243 e. The molecular weight excluding hydrogens is 276 g/mol. The molecule has 1 atom stereocenters. The molecule has 1 fully saturated rings.